The Labute approximate surface area is 103 Å². The molecule has 6 nitrogen and oxygen atoms in total. The predicted octanol–water partition coefficient (Wildman–Crippen LogP) is 0.970. The van der Waals surface area contributed by atoms with Crippen LogP contribution in [-0.2, 0) is 11.2 Å². The van der Waals surface area contributed by atoms with E-state index in [9.17, 15) is 0 Å². The van der Waals surface area contributed by atoms with Crippen LogP contribution < -0.4 is 5.32 Å². The first-order valence-electron chi connectivity index (χ1n) is 5.21. The van der Waals surface area contributed by atoms with E-state index >= 15 is 0 Å². The summed E-state index contributed by atoms with van der Waals surface area (Å²) in [7, 11) is 3.55. The number of ether oxygens (including phenoxy) is 1. The van der Waals surface area contributed by atoms with Crippen molar-refractivity contribution in [2.24, 2.45) is 0 Å². The van der Waals surface area contributed by atoms with Gasteiger partial charge in [-0.25, -0.2) is 0 Å². The first-order valence-corrected chi connectivity index (χ1v) is 6.09. The molecule has 7 heteroatoms. The number of nitrogens with one attached hydrogen (secondary N) is 1. The van der Waals surface area contributed by atoms with Gasteiger partial charge in [0.25, 0.3) is 0 Å². The summed E-state index contributed by atoms with van der Waals surface area (Å²) >= 11 is 1.49. The maximum absolute atomic E-state index is 5.19. The van der Waals surface area contributed by atoms with Gasteiger partial charge in [-0.05, 0) is 7.05 Å². The maximum atomic E-state index is 5.19. The summed E-state index contributed by atoms with van der Waals surface area (Å²) in [5.74, 6) is 1.19. The zero-order chi connectivity index (χ0) is 12.1. The number of nitrogens with zero attached hydrogens (tertiary/aromatic N) is 3. The number of rotatable bonds is 6. The van der Waals surface area contributed by atoms with Crippen molar-refractivity contribution in [3.63, 3.8) is 0 Å². The molecule has 0 spiro atoms. The minimum Gasteiger partial charge on any atom is -0.383 e. The second-order valence-corrected chi connectivity index (χ2v) is 4.41. The third-order valence-corrected chi connectivity index (χ3v) is 3.09. The molecule has 2 rings (SSSR count). The van der Waals surface area contributed by atoms with Crippen molar-refractivity contribution in [1.29, 1.82) is 0 Å². The van der Waals surface area contributed by atoms with Crippen LogP contribution in [0.25, 0.3) is 10.7 Å². The number of thiazole rings is 1. The Morgan fingerprint density at radius 1 is 1.59 bits per heavy atom. The molecule has 2 heterocycles. The van der Waals surface area contributed by atoms with Gasteiger partial charge in [-0.3, -0.25) is 4.98 Å². The molecular weight excluding hydrogens is 240 g/mol. The van der Waals surface area contributed by atoms with Crippen LogP contribution in [0.5, 0.6) is 0 Å². The molecule has 17 heavy (non-hydrogen) atoms. The molecule has 2 aromatic heterocycles. The normalized spacial score (nSPS) is 12.8. The third-order valence-electron chi connectivity index (χ3n) is 2.32. The van der Waals surface area contributed by atoms with Crippen LogP contribution in [-0.4, -0.2) is 41.9 Å². The van der Waals surface area contributed by atoms with E-state index in [0.29, 0.717) is 24.7 Å². The SMILES string of the molecule is CNC(COC)Cc1nc(-c2cncs2)no1. The minimum atomic E-state index is 0.176. The standard InChI is InChI=1S/C10H14N4O2S/c1-11-7(5-15-2)3-9-13-10(14-16-9)8-4-12-6-17-8/h4,6-7,11H,3,5H2,1-2H3. The monoisotopic (exact) mass is 254 g/mol. The van der Waals surface area contributed by atoms with Gasteiger partial charge in [0.05, 0.1) is 17.0 Å². The zero-order valence-corrected chi connectivity index (χ0v) is 10.5. The highest BCUT2D eigenvalue weighted by atomic mass is 32.1. The molecule has 1 N–H and O–H groups in total. The Morgan fingerprint density at radius 2 is 2.47 bits per heavy atom. The highest BCUT2D eigenvalue weighted by molar-refractivity contribution is 7.13. The molecule has 0 radical (unpaired) electrons. The molecule has 0 aliphatic rings. The van der Waals surface area contributed by atoms with Crippen molar-refractivity contribution in [3.05, 3.63) is 17.6 Å². The van der Waals surface area contributed by atoms with E-state index in [1.807, 2.05) is 7.05 Å². The topological polar surface area (TPSA) is 73.1 Å². The summed E-state index contributed by atoms with van der Waals surface area (Å²) in [4.78, 5) is 9.21. The fourth-order valence-electron chi connectivity index (χ4n) is 1.42. The smallest absolute Gasteiger partial charge is 0.228 e. The summed E-state index contributed by atoms with van der Waals surface area (Å²) in [5, 5.41) is 7.05. The maximum Gasteiger partial charge on any atom is 0.228 e. The van der Waals surface area contributed by atoms with Crippen molar-refractivity contribution in [2.75, 3.05) is 20.8 Å². The van der Waals surface area contributed by atoms with Crippen molar-refractivity contribution in [2.45, 2.75) is 12.5 Å². The van der Waals surface area contributed by atoms with Gasteiger partial charge in [0.1, 0.15) is 0 Å². The van der Waals surface area contributed by atoms with Gasteiger partial charge < -0.3 is 14.6 Å². The molecule has 0 amide bonds. The Morgan fingerprint density at radius 3 is 3.12 bits per heavy atom. The highest BCUT2D eigenvalue weighted by Gasteiger charge is 2.14. The van der Waals surface area contributed by atoms with Gasteiger partial charge in [-0.2, -0.15) is 4.98 Å². The Kier molecular flexibility index (Phi) is 4.18. The van der Waals surface area contributed by atoms with Gasteiger partial charge in [-0.1, -0.05) is 5.16 Å². The second kappa shape index (κ2) is 5.85. The molecule has 0 aromatic carbocycles. The van der Waals surface area contributed by atoms with Crippen LogP contribution in [0.3, 0.4) is 0 Å². The lowest BCUT2D eigenvalue weighted by Crippen LogP contribution is -2.32. The van der Waals surface area contributed by atoms with Gasteiger partial charge in [-0.15, -0.1) is 11.3 Å². The highest BCUT2D eigenvalue weighted by Crippen LogP contribution is 2.19. The zero-order valence-electron chi connectivity index (χ0n) is 9.71. The van der Waals surface area contributed by atoms with E-state index in [-0.39, 0.29) is 6.04 Å². The van der Waals surface area contributed by atoms with Crippen LogP contribution in [0, 0.1) is 0 Å². The molecule has 1 unspecified atom stereocenters. The van der Waals surface area contributed by atoms with E-state index in [1.54, 1.807) is 18.8 Å². The first-order chi connectivity index (χ1) is 8.33. The number of hydrogen-bond acceptors (Lipinski definition) is 7. The molecule has 0 bridgehead atoms. The van der Waals surface area contributed by atoms with Gasteiger partial charge in [0, 0.05) is 25.8 Å². The van der Waals surface area contributed by atoms with Crippen molar-refractivity contribution in [3.8, 4) is 10.7 Å². The Balaban J connectivity index is 2.03. The number of likely N-dealkylation sites (N-methyl/N-ethyl adjacent to an activating group) is 1. The molecule has 0 saturated heterocycles. The van der Waals surface area contributed by atoms with Crippen molar-refractivity contribution < 1.29 is 9.26 Å². The summed E-state index contributed by atoms with van der Waals surface area (Å²) in [5.41, 5.74) is 1.74. The van der Waals surface area contributed by atoms with E-state index in [2.05, 4.69) is 20.4 Å². The van der Waals surface area contributed by atoms with Crippen molar-refractivity contribution in [1.82, 2.24) is 20.4 Å². The molecule has 2 aromatic rings. The first kappa shape index (κ1) is 12.2. The largest absolute Gasteiger partial charge is 0.383 e. The summed E-state index contributed by atoms with van der Waals surface area (Å²) in [6.45, 7) is 0.606. The summed E-state index contributed by atoms with van der Waals surface area (Å²) in [6, 6.07) is 0.176. The van der Waals surface area contributed by atoms with E-state index in [0.717, 1.165) is 4.88 Å². The average Bonchev–Trinajstić information content (AvgIpc) is 2.98. The lowest BCUT2D eigenvalue weighted by molar-refractivity contribution is 0.165. The quantitative estimate of drug-likeness (QED) is 0.828. The lowest BCUT2D eigenvalue weighted by atomic mass is 10.2. The van der Waals surface area contributed by atoms with E-state index in [1.165, 1.54) is 11.3 Å². The molecule has 0 aliphatic carbocycles. The van der Waals surface area contributed by atoms with Gasteiger partial charge >= 0.3 is 0 Å². The minimum absolute atomic E-state index is 0.176. The summed E-state index contributed by atoms with van der Waals surface area (Å²) < 4.78 is 10.3. The Hall–Kier alpha value is -1.31. The summed E-state index contributed by atoms with van der Waals surface area (Å²) in [6.07, 6.45) is 2.38. The molecular formula is C10H14N4O2S. The van der Waals surface area contributed by atoms with E-state index in [4.69, 9.17) is 9.26 Å². The van der Waals surface area contributed by atoms with Crippen LogP contribution in [0.4, 0.5) is 0 Å². The van der Waals surface area contributed by atoms with Gasteiger partial charge in [0.2, 0.25) is 11.7 Å². The second-order valence-electron chi connectivity index (χ2n) is 3.52. The third kappa shape index (κ3) is 3.09. The van der Waals surface area contributed by atoms with Crippen molar-refractivity contribution >= 4 is 11.3 Å². The lowest BCUT2D eigenvalue weighted by Gasteiger charge is -2.11. The fraction of sp³-hybridized carbons (Fsp3) is 0.500. The predicted molar refractivity (Wildman–Crippen MR) is 63.8 cm³/mol. The fourth-order valence-corrected chi connectivity index (χ4v) is 1.97. The average molecular weight is 254 g/mol. The molecule has 92 valence electrons. The van der Waals surface area contributed by atoms with E-state index < -0.39 is 0 Å². The number of aromatic nitrogens is 3. The van der Waals surface area contributed by atoms with Crippen LogP contribution >= 0.6 is 11.3 Å². The number of hydrogen-bond donors (Lipinski definition) is 1. The van der Waals surface area contributed by atoms with Crippen LogP contribution in [0.2, 0.25) is 0 Å². The number of methoxy groups -OCH3 is 1. The van der Waals surface area contributed by atoms with Crippen LogP contribution in [0.1, 0.15) is 5.89 Å². The molecule has 0 saturated carbocycles. The Bertz CT molecular complexity index is 443. The van der Waals surface area contributed by atoms with Gasteiger partial charge in [0.15, 0.2) is 0 Å². The molecule has 0 fully saturated rings. The van der Waals surface area contributed by atoms with Crippen LogP contribution in [0.15, 0.2) is 16.2 Å². The molecule has 1 atom stereocenters. The molecule has 0 aliphatic heterocycles.